The van der Waals surface area contributed by atoms with Crippen LogP contribution in [-0.4, -0.2) is 10.9 Å². The van der Waals surface area contributed by atoms with Crippen LogP contribution in [0.3, 0.4) is 0 Å². The van der Waals surface area contributed by atoms with Crippen LogP contribution in [0.15, 0.2) is 48.2 Å². The molecule has 1 aromatic heterocycles. The number of aryl methyl sites for hydroxylation is 1. The van der Waals surface area contributed by atoms with Gasteiger partial charge in [0.25, 0.3) is 5.91 Å². The summed E-state index contributed by atoms with van der Waals surface area (Å²) in [6, 6.07) is 12.9. The summed E-state index contributed by atoms with van der Waals surface area (Å²) in [5, 5.41) is 11.7. The van der Waals surface area contributed by atoms with Crippen LogP contribution in [0.4, 0.5) is 5.69 Å². The van der Waals surface area contributed by atoms with Crippen molar-refractivity contribution in [2.24, 2.45) is 0 Å². The first-order chi connectivity index (χ1) is 9.19. The zero-order valence-electron chi connectivity index (χ0n) is 10.5. The number of amides is 1. The quantitative estimate of drug-likeness (QED) is 0.650. The van der Waals surface area contributed by atoms with Crippen molar-refractivity contribution in [3.63, 3.8) is 0 Å². The average Bonchev–Trinajstić information content (AvgIpc) is 2.88. The van der Waals surface area contributed by atoms with Gasteiger partial charge in [-0.15, -0.1) is 0 Å². The first kappa shape index (κ1) is 12.7. The SMILES string of the molecule is Cc1cccc(NC(=O)C(C#N)=Cc2ccc[nH]2)c1. The smallest absolute Gasteiger partial charge is 0.266 e. The van der Waals surface area contributed by atoms with Crippen molar-refractivity contribution in [2.75, 3.05) is 5.32 Å². The fraction of sp³-hybridized carbons (Fsp3) is 0.0667. The Morgan fingerprint density at radius 1 is 1.37 bits per heavy atom. The summed E-state index contributed by atoms with van der Waals surface area (Å²) in [6.07, 6.45) is 3.25. The molecule has 2 N–H and O–H groups in total. The molecule has 1 aromatic carbocycles. The van der Waals surface area contributed by atoms with Gasteiger partial charge in [-0.25, -0.2) is 0 Å². The molecule has 1 amide bonds. The Morgan fingerprint density at radius 2 is 2.21 bits per heavy atom. The van der Waals surface area contributed by atoms with E-state index in [4.69, 9.17) is 5.26 Å². The molecule has 0 atom stereocenters. The highest BCUT2D eigenvalue weighted by molar-refractivity contribution is 6.09. The van der Waals surface area contributed by atoms with Gasteiger partial charge in [-0.3, -0.25) is 4.79 Å². The minimum Gasteiger partial charge on any atom is -0.362 e. The number of aromatic nitrogens is 1. The van der Waals surface area contributed by atoms with Crippen molar-refractivity contribution >= 4 is 17.7 Å². The van der Waals surface area contributed by atoms with E-state index in [9.17, 15) is 4.79 Å². The Bertz CT molecular complexity index is 648. The number of benzene rings is 1. The number of carbonyl (C=O) groups excluding carboxylic acids is 1. The monoisotopic (exact) mass is 251 g/mol. The van der Waals surface area contributed by atoms with Gasteiger partial charge in [0.1, 0.15) is 11.6 Å². The van der Waals surface area contributed by atoms with E-state index >= 15 is 0 Å². The molecule has 0 bridgehead atoms. The maximum atomic E-state index is 12.0. The molecule has 1 heterocycles. The summed E-state index contributed by atoms with van der Waals surface area (Å²) in [5.41, 5.74) is 2.50. The van der Waals surface area contributed by atoms with Gasteiger partial charge in [-0.2, -0.15) is 5.26 Å². The zero-order chi connectivity index (χ0) is 13.7. The lowest BCUT2D eigenvalue weighted by atomic mass is 10.2. The number of hydrogen-bond acceptors (Lipinski definition) is 2. The molecule has 0 aliphatic rings. The van der Waals surface area contributed by atoms with Crippen LogP contribution in [0.2, 0.25) is 0 Å². The fourth-order valence-corrected chi connectivity index (χ4v) is 1.66. The average molecular weight is 251 g/mol. The molecule has 0 aliphatic carbocycles. The minimum absolute atomic E-state index is 0.0592. The summed E-state index contributed by atoms with van der Waals surface area (Å²) < 4.78 is 0. The highest BCUT2D eigenvalue weighted by atomic mass is 16.1. The van der Waals surface area contributed by atoms with E-state index < -0.39 is 5.91 Å². The van der Waals surface area contributed by atoms with Crippen LogP contribution in [0.5, 0.6) is 0 Å². The van der Waals surface area contributed by atoms with E-state index in [2.05, 4.69) is 10.3 Å². The Morgan fingerprint density at radius 3 is 2.84 bits per heavy atom. The van der Waals surface area contributed by atoms with Crippen LogP contribution in [0.1, 0.15) is 11.3 Å². The summed E-state index contributed by atoms with van der Waals surface area (Å²) in [6.45, 7) is 1.94. The van der Waals surface area contributed by atoms with Crippen LogP contribution < -0.4 is 5.32 Å². The Hall–Kier alpha value is -2.80. The van der Waals surface area contributed by atoms with Crippen molar-refractivity contribution in [3.05, 3.63) is 59.4 Å². The molecule has 0 unspecified atom stereocenters. The van der Waals surface area contributed by atoms with E-state index in [-0.39, 0.29) is 5.57 Å². The van der Waals surface area contributed by atoms with Crippen molar-refractivity contribution < 1.29 is 4.79 Å². The van der Waals surface area contributed by atoms with Gasteiger partial charge >= 0.3 is 0 Å². The molecule has 19 heavy (non-hydrogen) atoms. The van der Waals surface area contributed by atoms with Gasteiger partial charge in [-0.05, 0) is 42.8 Å². The van der Waals surface area contributed by atoms with Crippen molar-refractivity contribution in [1.29, 1.82) is 5.26 Å². The highest BCUT2D eigenvalue weighted by Gasteiger charge is 2.09. The molecule has 2 rings (SSSR count). The van der Waals surface area contributed by atoms with E-state index in [1.807, 2.05) is 31.2 Å². The first-order valence-electron chi connectivity index (χ1n) is 5.82. The number of nitriles is 1. The van der Waals surface area contributed by atoms with E-state index in [1.165, 1.54) is 6.08 Å². The molecule has 0 spiro atoms. The van der Waals surface area contributed by atoms with Crippen molar-refractivity contribution in [2.45, 2.75) is 6.92 Å². The lowest BCUT2D eigenvalue weighted by Crippen LogP contribution is -2.13. The normalized spacial score (nSPS) is 10.8. The lowest BCUT2D eigenvalue weighted by molar-refractivity contribution is -0.112. The van der Waals surface area contributed by atoms with E-state index in [0.29, 0.717) is 5.69 Å². The maximum absolute atomic E-state index is 12.0. The molecule has 0 aliphatic heterocycles. The number of aromatic amines is 1. The Balaban J connectivity index is 2.17. The number of nitrogens with zero attached hydrogens (tertiary/aromatic N) is 1. The number of H-pyrrole nitrogens is 1. The second-order valence-electron chi connectivity index (χ2n) is 4.12. The molecule has 0 saturated carbocycles. The number of anilines is 1. The van der Waals surface area contributed by atoms with E-state index in [0.717, 1.165) is 11.3 Å². The third-order valence-electron chi connectivity index (χ3n) is 2.56. The third-order valence-corrected chi connectivity index (χ3v) is 2.56. The fourth-order valence-electron chi connectivity index (χ4n) is 1.66. The number of hydrogen-bond donors (Lipinski definition) is 2. The summed E-state index contributed by atoms with van der Waals surface area (Å²) in [4.78, 5) is 14.9. The predicted octanol–water partition coefficient (Wildman–Crippen LogP) is 2.87. The predicted molar refractivity (Wildman–Crippen MR) is 74.2 cm³/mol. The minimum atomic E-state index is -0.414. The number of carbonyl (C=O) groups is 1. The lowest BCUT2D eigenvalue weighted by Gasteiger charge is -2.04. The van der Waals surface area contributed by atoms with Crippen molar-refractivity contribution in [3.8, 4) is 6.07 Å². The molecule has 4 nitrogen and oxygen atoms in total. The largest absolute Gasteiger partial charge is 0.362 e. The molecule has 2 aromatic rings. The van der Waals surface area contributed by atoms with Crippen LogP contribution in [-0.2, 0) is 4.79 Å². The van der Waals surface area contributed by atoms with Gasteiger partial charge in [-0.1, -0.05) is 12.1 Å². The molecule has 0 radical (unpaired) electrons. The number of nitrogens with one attached hydrogen (secondary N) is 2. The molecule has 4 heteroatoms. The highest BCUT2D eigenvalue weighted by Crippen LogP contribution is 2.12. The van der Waals surface area contributed by atoms with Gasteiger partial charge in [0, 0.05) is 17.6 Å². The second-order valence-corrected chi connectivity index (χ2v) is 4.12. The van der Waals surface area contributed by atoms with Gasteiger partial charge < -0.3 is 10.3 Å². The van der Waals surface area contributed by atoms with E-state index in [1.54, 1.807) is 24.4 Å². The van der Waals surface area contributed by atoms with Gasteiger partial charge in [0.2, 0.25) is 0 Å². The summed E-state index contributed by atoms with van der Waals surface area (Å²) >= 11 is 0. The first-order valence-corrected chi connectivity index (χ1v) is 5.82. The summed E-state index contributed by atoms with van der Waals surface area (Å²) in [5.74, 6) is -0.414. The summed E-state index contributed by atoms with van der Waals surface area (Å²) in [7, 11) is 0. The Labute approximate surface area is 111 Å². The molecular weight excluding hydrogens is 238 g/mol. The van der Waals surface area contributed by atoms with Crippen LogP contribution >= 0.6 is 0 Å². The molecule has 0 fully saturated rings. The topological polar surface area (TPSA) is 68.7 Å². The van der Waals surface area contributed by atoms with Gasteiger partial charge in [0.05, 0.1) is 0 Å². The van der Waals surface area contributed by atoms with Gasteiger partial charge in [0.15, 0.2) is 0 Å². The van der Waals surface area contributed by atoms with Crippen LogP contribution in [0.25, 0.3) is 6.08 Å². The molecule has 94 valence electrons. The Kier molecular flexibility index (Phi) is 3.79. The third kappa shape index (κ3) is 3.33. The molecular formula is C15H13N3O. The number of rotatable bonds is 3. The molecule has 0 saturated heterocycles. The second kappa shape index (κ2) is 5.69. The van der Waals surface area contributed by atoms with Crippen LogP contribution in [0, 0.1) is 18.3 Å². The van der Waals surface area contributed by atoms with Crippen molar-refractivity contribution in [1.82, 2.24) is 4.98 Å². The standard InChI is InChI=1S/C15H13N3O/c1-11-4-2-5-14(8-11)18-15(19)12(10-16)9-13-6-3-7-17-13/h2-9,17H,1H3,(H,18,19). The zero-order valence-corrected chi connectivity index (χ0v) is 10.5. The maximum Gasteiger partial charge on any atom is 0.266 e.